The lowest BCUT2D eigenvalue weighted by Gasteiger charge is -2.06. The van der Waals surface area contributed by atoms with Crippen LogP contribution in [0.1, 0.15) is 15.4 Å². The monoisotopic (exact) mass is 334 g/mol. The molecule has 6 nitrogen and oxygen atoms in total. The van der Waals surface area contributed by atoms with Crippen molar-refractivity contribution in [2.45, 2.75) is 6.92 Å². The lowest BCUT2D eigenvalue weighted by Crippen LogP contribution is -1.99. The number of hydrogen-bond acceptors (Lipinski definition) is 7. The van der Waals surface area contributed by atoms with Gasteiger partial charge in [-0.3, -0.25) is 0 Å². The van der Waals surface area contributed by atoms with Crippen LogP contribution in [-0.2, 0) is 4.74 Å². The number of halogens is 1. The Morgan fingerprint density at radius 1 is 1.27 bits per heavy atom. The minimum atomic E-state index is -0.409. The molecule has 3 aromatic rings. The van der Waals surface area contributed by atoms with E-state index in [-0.39, 0.29) is 5.28 Å². The van der Waals surface area contributed by atoms with Gasteiger partial charge in [-0.25, -0.2) is 14.8 Å². The van der Waals surface area contributed by atoms with Gasteiger partial charge in [0, 0.05) is 5.39 Å². The fourth-order valence-corrected chi connectivity index (χ4v) is 3.04. The van der Waals surface area contributed by atoms with Crippen molar-refractivity contribution in [3.63, 3.8) is 0 Å². The topological polar surface area (TPSA) is 77.0 Å². The third-order valence-electron chi connectivity index (χ3n) is 2.97. The highest BCUT2D eigenvalue weighted by molar-refractivity contribution is 7.17. The summed E-state index contributed by atoms with van der Waals surface area (Å²) in [6.45, 7) is 1.75. The number of esters is 1. The maximum Gasteiger partial charge on any atom is 0.350 e. The summed E-state index contributed by atoms with van der Waals surface area (Å²) >= 11 is 7.15. The zero-order valence-corrected chi connectivity index (χ0v) is 13.3. The second-order valence-corrected chi connectivity index (χ2v) is 5.75. The molecule has 0 saturated carbocycles. The van der Waals surface area contributed by atoms with Crippen LogP contribution in [0.5, 0.6) is 0 Å². The van der Waals surface area contributed by atoms with Crippen molar-refractivity contribution >= 4 is 50.8 Å². The highest BCUT2D eigenvalue weighted by atomic mass is 35.5. The first-order valence-corrected chi connectivity index (χ1v) is 7.53. The zero-order valence-electron chi connectivity index (χ0n) is 11.8. The Morgan fingerprint density at radius 3 is 2.82 bits per heavy atom. The number of carbonyl (C=O) groups is 1. The van der Waals surface area contributed by atoms with Gasteiger partial charge >= 0.3 is 5.97 Å². The van der Waals surface area contributed by atoms with Crippen LogP contribution in [0.15, 0.2) is 24.3 Å². The van der Waals surface area contributed by atoms with Crippen molar-refractivity contribution in [2.24, 2.45) is 0 Å². The van der Waals surface area contributed by atoms with E-state index in [2.05, 4.69) is 20.3 Å². The SMILES string of the molecule is COC(=O)c1sc(Nc2nc(Cl)nc3ccccc23)nc1C. The fraction of sp³-hybridized carbons (Fsp3) is 0.143. The minimum absolute atomic E-state index is 0.141. The highest BCUT2D eigenvalue weighted by Crippen LogP contribution is 2.29. The Hall–Kier alpha value is -2.25. The summed E-state index contributed by atoms with van der Waals surface area (Å²) in [5.41, 5.74) is 1.33. The van der Waals surface area contributed by atoms with Gasteiger partial charge in [0.25, 0.3) is 0 Å². The highest BCUT2D eigenvalue weighted by Gasteiger charge is 2.16. The number of aryl methyl sites for hydroxylation is 1. The van der Waals surface area contributed by atoms with Crippen molar-refractivity contribution in [1.29, 1.82) is 0 Å². The molecule has 0 saturated heterocycles. The van der Waals surface area contributed by atoms with E-state index >= 15 is 0 Å². The molecule has 112 valence electrons. The summed E-state index contributed by atoms with van der Waals surface area (Å²) in [5.74, 6) is 0.134. The summed E-state index contributed by atoms with van der Waals surface area (Å²) in [5, 5.41) is 4.59. The van der Waals surface area contributed by atoms with Gasteiger partial charge in [-0.15, -0.1) is 0 Å². The van der Waals surface area contributed by atoms with Gasteiger partial charge in [-0.1, -0.05) is 23.5 Å². The van der Waals surface area contributed by atoms with Crippen LogP contribution in [0.25, 0.3) is 10.9 Å². The van der Waals surface area contributed by atoms with Gasteiger partial charge < -0.3 is 10.1 Å². The molecule has 0 aliphatic carbocycles. The van der Waals surface area contributed by atoms with Crippen molar-refractivity contribution in [3.8, 4) is 0 Å². The molecule has 3 rings (SSSR count). The number of para-hydroxylation sites is 1. The van der Waals surface area contributed by atoms with E-state index in [9.17, 15) is 4.79 Å². The van der Waals surface area contributed by atoms with Gasteiger partial charge in [-0.05, 0) is 30.7 Å². The number of rotatable bonds is 3. The summed E-state index contributed by atoms with van der Waals surface area (Å²) in [6.07, 6.45) is 0. The Morgan fingerprint density at radius 2 is 2.05 bits per heavy atom. The zero-order chi connectivity index (χ0) is 15.7. The molecule has 0 radical (unpaired) electrons. The van der Waals surface area contributed by atoms with Crippen molar-refractivity contribution in [3.05, 3.63) is 40.1 Å². The Labute approximate surface area is 135 Å². The standard InChI is InChI=1S/C14H11ClN4O2S/c1-7-10(12(20)21-2)22-14(16-7)19-11-8-5-3-4-6-9(8)17-13(15)18-11/h3-6H,1-2H3,(H,16,17,18,19). The van der Waals surface area contributed by atoms with Crippen LogP contribution < -0.4 is 5.32 Å². The molecule has 22 heavy (non-hydrogen) atoms. The average molecular weight is 335 g/mol. The van der Waals surface area contributed by atoms with E-state index in [0.717, 1.165) is 10.9 Å². The van der Waals surface area contributed by atoms with Gasteiger partial charge in [0.2, 0.25) is 5.28 Å². The molecule has 0 unspecified atom stereocenters. The lowest BCUT2D eigenvalue weighted by molar-refractivity contribution is 0.0605. The van der Waals surface area contributed by atoms with Crippen LogP contribution in [0, 0.1) is 6.92 Å². The van der Waals surface area contributed by atoms with Gasteiger partial charge in [0.15, 0.2) is 5.13 Å². The van der Waals surface area contributed by atoms with Crippen LogP contribution in [0.2, 0.25) is 5.28 Å². The van der Waals surface area contributed by atoms with Crippen LogP contribution in [-0.4, -0.2) is 28.0 Å². The number of benzene rings is 1. The summed E-state index contributed by atoms with van der Waals surface area (Å²) in [6, 6.07) is 7.49. The largest absolute Gasteiger partial charge is 0.465 e. The molecule has 1 N–H and O–H groups in total. The molecule has 0 fully saturated rings. The third-order valence-corrected chi connectivity index (χ3v) is 4.19. The molecule has 8 heteroatoms. The van der Waals surface area contributed by atoms with E-state index in [0.29, 0.717) is 21.5 Å². The first-order chi connectivity index (χ1) is 10.6. The number of carbonyl (C=O) groups excluding carboxylic acids is 1. The van der Waals surface area contributed by atoms with Crippen molar-refractivity contribution in [1.82, 2.24) is 15.0 Å². The normalized spacial score (nSPS) is 10.7. The van der Waals surface area contributed by atoms with E-state index in [4.69, 9.17) is 16.3 Å². The summed E-state index contributed by atoms with van der Waals surface area (Å²) < 4.78 is 4.73. The van der Waals surface area contributed by atoms with Crippen molar-refractivity contribution in [2.75, 3.05) is 12.4 Å². The predicted molar refractivity (Wildman–Crippen MR) is 86.0 cm³/mol. The molecule has 0 bridgehead atoms. The van der Waals surface area contributed by atoms with Gasteiger partial charge in [0.05, 0.1) is 18.3 Å². The second kappa shape index (κ2) is 5.86. The molecule has 0 atom stereocenters. The molecule has 1 aromatic carbocycles. The van der Waals surface area contributed by atoms with Crippen LogP contribution in [0.4, 0.5) is 10.9 Å². The lowest BCUT2D eigenvalue weighted by atomic mass is 10.2. The molecule has 0 amide bonds. The maximum absolute atomic E-state index is 11.6. The second-order valence-electron chi connectivity index (χ2n) is 4.41. The summed E-state index contributed by atoms with van der Waals surface area (Å²) in [7, 11) is 1.34. The number of nitrogens with zero attached hydrogens (tertiary/aromatic N) is 3. The molecule has 0 aliphatic heterocycles. The predicted octanol–water partition coefficient (Wildman–Crippen LogP) is 3.58. The number of ether oxygens (including phenoxy) is 1. The first-order valence-electron chi connectivity index (χ1n) is 6.33. The van der Waals surface area contributed by atoms with Crippen LogP contribution >= 0.6 is 22.9 Å². The number of fused-ring (bicyclic) bond motifs is 1. The smallest absolute Gasteiger partial charge is 0.350 e. The molecule has 2 heterocycles. The number of nitrogens with one attached hydrogen (secondary N) is 1. The molecular formula is C14H11ClN4O2S. The van der Waals surface area contributed by atoms with Gasteiger partial charge in [0.1, 0.15) is 10.7 Å². The van der Waals surface area contributed by atoms with Crippen molar-refractivity contribution < 1.29 is 9.53 Å². The van der Waals surface area contributed by atoms with E-state index < -0.39 is 5.97 Å². The molecule has 2 aromatic heterocycles. The number of thiazole rings is 1. The van der Waals surface area contributed by atoms with E-state index in [1.807, 2.05) is 24.3 Å². The molecule has 0 spiro atoms. The Bertz CT molecular complexity index is 865. The number of anilines is 2. The first kappa shape index (κ1) is 14.7. The Balaban J connectivity index is 2.02. The Kier molecular flexibility index (Phi) is 3.91. The maximum atomic E-state index is 11.6. The van der Waals surface area contributed by atoms with Crippen LogP contribution in [0.3, 0.4) is 0 Å². The average Bonchev–Trinajstić information content (AvgIpc) is 2.87. The molecule has 0 aliphatic rings. The van der Waals surface area contributed by atoms with Gasteiger partial charge in [-0.2, -0.15) is 4.98 Å². The minimum Gasteiger partial charge on any atom is -0.465 e. The molecular weight excluding hydrogens is 324 g/mol. The third kappa shape index (κ3) is 2.72. The number of hydrogen-bond donors (Lipinski definition) is 1. The number of aromatic nitrogens is 3. The van der Waals surface area contributed by atoms with E-state index in [1.54, 1.807) is 6.92 Å². The van der Waals surface area contributed by atoms with E-state index in [1.165, 1.54) is 18.4 Å². The summed E-state index contributed by atoms with van der Waals surface area (Å²) in [4.78, 5) is 24.8. The number of methoxy groups -OCH3 is 1. The fourth-order valence-electron chi connectivity index (χ4n) is 1.98. The quantitative estimate of drug-likeness (QED) is 0.582.